The summed E-state index contributed by atoms with van der Waals surface area (Å²) >= 11 is 14.7. The van der Waals surface area contributed by atoms with Crippen LogP contribution in [0.3, 0.4) is 0 Å². The van der Waals surface area contributed by atoms with Gasteiger partial charge in [-0.2, -0.15) is 0 Å². The Morgan fingerprint density at radius 3 is 2.73 bits per heavy atom. The molecule has 0 saturated carbocycles. The first-order valence-corrected chi connectivity index (χ1v) is 7.54. The topological polar surface area (TPSA) is 68.3 Å². The standard InChI is InChI=1S/C14H9BrCl2N2O3/c15-9-2-1-3-10(5-9)19-12(20)7-22-14(21)8-4-11(16)13(17)18-6-8/h1-6H,7H2,(H,19,20). The van der Waals surface area contributed by atoms with E-state index in [1.807, 2.05) is 6.07 Å². The second-order valence-corrected chi connectivity index (χ2v) is 5.81. The minimum Gasteiger partial charge on any atom is -0.452 e. The van der Waals surface area contributed by atoms with Crippen molar-refractivity contribution in [2.24, 2.45) is 0 Å². The molecule has 0 spiro atoms. The normalized spacial score (nSPS) is 10.1. The third-order valence-electron chi connectivity index (χ3n) is 2.47. The van der Waals surface area contributed by atoms with E-state index < -0.39 is 18.5 Å². The minimum atomic E-state index is -0.713. The zero-order chi connectivity index (χ0) is 16.1. The number of hydrogen-bond acceptors (Lipinski definition) is 4. The molecule has 8 heteroatoms. The first kappa shape index (κ1) is 16.7. The Kier molecular flexibility index (Phi) is 5.76. The lowest BCUT2D eigenvalue weighted by molar-refractivity contribution is -0.119. The highest BCUT2D eigenvalue weighted by Gasteiger charge is 2.12. The van der Waals surface area contributed by atoms with E-state index in [0.717, 1.165) is 4.47 Å². The molecule has 22 heavy (non-hydrogen) atoms. The van der Waals surface area contributed by atoms with E-state index in [-0.39, 0.29) is 15.7 Å². The molecule has 5 nitrogen and oxygen atoms in total. The van der Waals surface area contributed by atoms with Crippen LogP contribution < -0.4 is 5.32 Å². The van der Waals surface area contributed by atoms with Crippen LogP contribution in [0.5, 0.6) is 0 Å². The Morgan fingerprint density at radius 1 is 1.27 bits per heavy atom. The predicted molar refractivity (Wildman–Crippen MR) is 87.3 cm³/mol. The maximum Gasteiger partial charge on any atom is 0.340 e. The molecular weight excluding hydrogens is 395 g/mol. The van der Waals surface area contributed by atoms with Crippen LogP contribution in [0.15, 0.2) is 41.0 Å². The number of anilines is 1. The average molecular weight is 404 g/mol. The van der Waals surface area contributed by atoms with E-state index in [1.54, 1.807) is 18.2 Å². The Bertz CT molecular complexity index is 725. The number of nitrogens with zero attached hydrogens (tertiary/aromatic N) is 1. The number of rotatable bonds is 4. The van der Waals surface area contributed by atoms with Crippen molar-refractivity contribution in [1.82, 2.24) is 4.98 Å². The number of nitrogens with one attached hydrogen (secondary N) is 1. The van der Waals surface area contributed by atoms with Crippen molar-refractivity contribution in [2.45, 2.75) is 0 Å². The number of benzene rings is 1. The number of aromatic nitrogens is 1. The summed E-state index contributed by atoms with van der Waals surface area (Å²) in [5.74, 6) is -1.17. The van der Waals surface area contributed by atoms with Gasteiger partial charge in [0, 0.05) is 16.4 Å². The van der Waals surface area contributed by atoms with Crippen molar-refractivity contribution in [3.05, 3.63) is 56.7 Å². The van der Waals surface area contributed by atoms with Gasteiger partial charge in [0.25, 0.3) is 5.91 Å². The lowest BCUT2D eigenvalue weighted by atomic mass is 10.3. The molecular formula is C14H9BrCl2N2O3. The maximum atomic E-state index is 11.8. The van der Waals surface area contributed by atoms with Gasteiger partial charge in [-0.05, 0) is 24.3 Å². The molecule has 0 saturated heterocycles. The summed E-state index contributed by atoms with van der Waals surface area (Å²) in [6, 6.07) is 8.36. The Labute approximate surface area is 144 Å². The fourth-order valence-corrected chi connectivity index (χ4v) is 2.18. The van der Waals surface area contributed by atoms with Crippen LogP contribution in [-0.4, -0.2) is 23.5 Å². The fraction of sp³-hybridized carbons (Fsp3) is 0.0714. The predicted octanol–water partition coefficient (Wildman–Crippen LogP) is 3.95. The minimum absolute atomic E-state index is 0.0885. The first-order valence-electron chi connectivity index (χ1n) is 5.99. The summed E-state index contributed by atoms with van der Waals surface area (Å²) in [6.45, 7) is -0.425. The van der Waals surface area contributed by atoms with Crippen molar-refractivity contribution in [3.63, 3.8) is 0 Å². The van der Waals surface area contributed by atoms with Gasteiger partial charge in [-0.15, -0.1) is 0 Å². The van der Waals surface area contributed by atoms with Crippen molar-refractivity contribution in [2.75, 3.05) is 11.9 Å². The van der Waals surface area contributed by atoms with Gasteiger partial charge in [0.2, 0.25) is 0 Å². The summed E-state index contributed by atoms with van der Waals surface area (Å²) in [4.78, 5) is 27.2. The van der Waals surface area contributed by atoms with Crippen LogP contribution >= 0.6 is 39.1 Å². The van der Waals surface area contributed by atoms with Gasteiger partial charge in [0.15, 0.2) is 6.61 Å². The number of carbonyl (C=O) groups excluding carboxylic acids is 2. The molecule has 0 aliphatic heterocycles. The van der Waals surface area contributed by atoms with Crippen LogP contribution in [0.4, 0.5) is 5.69 Å². The number of halogens is 3. The molecule has 0 bridgehead atoms. The van der Waals surface area contributed by atoms with Crippen LogP contribution in [0.2, 0.25) is 10.2 Å². The Morgan fingerprint density at radius 2 is 2.05 bits per heavy atom. The van der Waals surface area contributed by atoms with Crippen LogP contribution in [-0.2, 0) is 9.53 Å². The molecule has 1 amide bonds. The van der Waals surface area contributed by atoms with E-state index >= 15 is 0 Å². The summed E-state index contributed by atoms with van der Waals surface area (Å²) < 4.78 is 5.71. The molecule has 0 fully saturated rings. The highest BCUT2D eigenvalue weighted by Crippen LogP contribution is 2.20. The first-order chi connectivity index (χ1) is 10.5. The fourth-order valence-electron chi connectivity index (χ4n) is 1.51. The molecule has 1 aromatic carbocycles. The highest BCUT2D eigenvalue weighted by molar-refractivity contribution is 9.10. The van der Waals surface area contributed by atoms with Gasteiger partial charge in [0.05, 0.1) is 10.6 Å². The second-order valence-electron chi connectivity index (χ2n) is 4.13. The van der Waals surface area contributed by atoms with E-state index in [1.165, 1.54) is 12.3 Å². The smallest absolute Gasteiger partial charge is 0.340 e. The van der Waals surface area contributed by atoms with Crippen LogP contribution in [0.25, 0.3) is 0 Å². The lowest BCUT2D eigenvalue weighted by Crippen LogP contribution is -2.21. The summed E-state index contributed by atoms with van der Waals surface area (Å²) in [7, 11) is 0. The number of hydrogen-bond donors (Lipinski definition) is 1. The summed E-state index contributed by atoms with van der Waals surface area (Å²) in [5, 5.41) is 2.82. The molecule has 0 atom stereocenters. The third-order valence-corrected chi connectivity index (χ3v) is 3.65. The van der Waals surface area contributed by atoms with E-state index in [0.29, 0.717) is 5.69 Å². The molecule has 0 radical (unpaired) electrons. The number of carbonyl (C=O) groups is 2. The molecule has 2 rings (SSSR count). The number of ether oxygens (including phenoxy) is 1. The highest BCUT2D eigenvalue weighted by atomic mass is 79.9. The number of amides is 1. The quantitative estimate of drug-likeness (QED) is 0.619. The van der Waals surface area contributed by atoms with Crippen molar-refractivity contribution < 1.29 is 14.3 Å². The monoisotopic (exact) mass is 402 g/mol. The Hall–Kier alpha value is -1.63. The third kappa shape index (κ3) is 4.69. The lowest BCUT2D eigenvalue weighted by Gasteiger charge is -2.07. The zero-order valence-electron chi connectivity index (χ0n) is 11.0. The van der Waals surface area contributed by atoms with Crippen molar-refractivity contribution >= 4 is 56.7 Å². The molecule has 2 aromatic rings. The molecule has 1 N–H and O–H groups in total. The Balaban J connectivity index is 1.90. The molecule has 0 aliphatic carbocycles. The van der Waals surface area contributed by atoms with Crippen molar-refractivity contribution in [1.29, 1.82) is 0 Å². The molecule has 0 unspecified atom stereocenters. The van der Waals surface area contributed by atoms with E-state index in [9.17, 15) is 9.59 Å². The van der Waals surface area contributed by atoms with Gasteiger partial charge in [0.1, 0.15) is 5.15 Å². The van der Waals surface area contributed by atoms with Gasteiger partial charge in [-0.25, -0.2) is 9.78 Å². The van der Waals surface area contributed by atoms with Gasteiger partial charge in [-0.3, -0.25) is 4.79 Å². The van der Waals surface area contributed by atoms with Crippen LogP contribution in [0, 0.1) is 0 Å². The SMILES string of the molecule is O=C(COC(=O)c1cnc(Cl)c(Cl)c1)Nc1cccc(Br)c1. The van der Waals surface area contributed by atoms with Gasteiger partial charge < -0.3 is 10.1 Å². The number of esters is 1. The summed E-state index contributed by atoms with van der Waals surface area (Å²) in [6.07, 6.45) is 1.22. The summed E-state index contributed by atoms with van der Waals surface area (Å²) in [5.41, 5.74) is 0.705. The van der Waals surface area contributed by atoms with E-state index in [2.05, 4.69) is 26.2 Å². The van der Waals surface area contributed by atoms with Crippen LogP contribution in [0.1, 0.15) is 10.4 Å². The van der Waals surface area contributed by atoms with Gasteiger partial charge in [-0.1, -0.05) is 45.2 Å². The average Bonchev–Trinajstić information content (AvgIpc) is 2.47. The van der Waals surface area contributed by atoms with Crippen molar-refractivity contribution in [3.8, 4) is 0 Å². The molecule has 1 aromatic heterocycles. The largest absolute Gasteiger partial charge is 0.452 e. The number of pyridine rings is 1. The maximum absolute atomic E-state index is 11.8. The second kappa shape index (κ2) is 7.58. The molecule has 114 valence electrons. The van der Waals surface area contributed by atoms with E-state index in [4.69, 9.17) is 27.9 Å². The molecule has 1 heterocycles. The molecule has 0 aliphatic rings. The van der Waals surface area contributed by atoms with Gasteiger partial charge >= 0.3 is 5.97 Å². The zero-order valence-corrected chi connectivity index (χ0v) is 14.1.